The smallest absolute Gasteiger partial charge is 0.416 e. The summed E-state index contributed by atoms with van der Waals surface area (Å²) in [6, 6.07) is 22.5. The van der Waals surface area contributed by atoms with Gasteiger partial charge in [-0.15, -0.1) is 0 Å². The Morgan fingerprint density at radius 1 is 1.02 bits per heavy atom. The first-order chi connectivity index (χ1) is 20.4. The van der Waals surface area contributed by atoms with Gasteiger partial charge in [-0.2, -0.15) is 13.2 Å². The Balaban J connectivity index is 1.67. The molecule has 2 unspecified atom stereocenters. The molecule has 3 aromatic carbocycles. The summed E-state index contributed by atoms with van der Waals surface area (Å²) in [7, 11) is 0. The fourth-order valence-electron chi connectivity index (χ4n) is 5.62. The van der Waals surface area contributed by atoms with E-state index in [9.17, 15) is 22.8 Å². The molecule has 2 amide bonds. The van der Waals surface area contributed by atoms with Gasteiger partial charge in [0.1, 0.15) is 12.7 Å². The molecule has 0 aliphatic carbocycles. The first-order valence-electron chi connectivity index (χ1n) is 14.2. The molecular formula is C33H37F3N2O5. The number of hydrogen-bond donors (Lipinski definition) is 1. The molecular weight excluding hydrogens is 561 g/mol. The van der Waals surface area contributed by atoms with Crippen molar-refractivity contribution in [1.82, 2.24) is 4.90 Å². The van der Waals surface area contributed by atoms with Crippen molar-refractivity contribution in [3.8, 4) is 0 Å². The third-order valence-corrected chi connectivity index (χ3v) is 8.03. The second kappa shape index (κ2) is 13.5. The number of primary amides is 1. The number of halogens is 3. The van der Waals surface area contributed by atoms with E-state index in [1.807, 2.05) is 60.7 Å². The zero-order chi connectivity index (χ0) is 31.2. The molecule has 0 spiro atoms. The molecule has 1 aliphatic heterocycles. The molecule has 10 heteroatoms. The number of hydrogen-bond acceptors (Lipinski definition) is 5. The highest BCUT2D eigenvalue weighted by Crippen LogP contribution is 2.43. The summed E-state index contributed by atoms with van der Waals surface area (Å²) in [6.07, 6.45) is -6.28. The number of amides is 2. The number of likely N-dealkylation sites (tertiary alicyclic amines) is 1. The fourth-order valence-corrected chi connectivity index (χ4v) is 5.62. The van der Waals surface area contributed by atoms with Gasteiger partial charge in [-0.1, -0.05) is 72.3 Å². The van der Waals surface area contributed by atoms with Gasteiger partial charge in [-0.25, -0.2) is 9.59 Å². The van der Waals surface area contributed by atoms with E-state index < -0.39 is 41.7 Å². The predicted octanol–water partition coefficient (Wildman–Crippen LogP) is 7.52. The van der Waals surface area contributed by atoms with Gasteiger partial charge in [-0.05, 0) is 62.4 Å². The minimum Gasteiger partial charge on any atom is -0.446 e. The first-order valence-corrected chi connectivity index (χ1v) is 14.2. The number of benzene rings is 3. The lowest BCUT2D eigenvalue weighted by Gasteiger charge is -2.50. The number of aryl methyl sites for hydroxylation is 1. The standard InChI is InChI=1S/C33H37F3N2O5/c1-22-16-27(18-29(17-22)33(34,35)36)23(2)42-21-32(28-12-8-5-9-13-28)15-14-26(24(3)43-30(37)39)19-38(32)31(40)41-20-25-10-6-4-7-11-25/h4-13,16-18,23-24,26H,14-15,19-21H2,1-3H3,(H2,37,39)/t23-,24?,26?,32-/m1/s1. The lowest BCUT2D eigenvalue weighted by Crippen LogP contribution is -2.58. The van der Waals surface area contributed by atoms with Crippen molar-refractivity contribution in [2.45, 2.75) is 64.1 Å². The lowest BCUT2D eigenvalue weighted by atomic mass is 9.76. The van der Waals surface area contributed by atoms with Crippen LogP contribution >= 0.6 is 0 Å². The molecule has 4 atom stereocenters. The molecule has 2 N–H and O–H groups in total. The quantitative estimate of drug-likeness (QED) is 0.275. The van der Waals surface area contributed by atoms with Crippen LogP contribution in [0.5, 0.6) is 0 Å². The van der Waals surface area contributed by atoms with Gasteiger partial charge in [0.2, 0.25) is 0 Å². The summed E-state index contributed by atoms with van der Waals surface area (Å²) in [5, 5.41) is 0. The zero-order valence-corrected chi connectivity index (χ0v) is 24.5. The van der Waals surface area contributed by atoms with Gasteiger partial charge in [0.05, 0.1) is 23.8 Å². The van der Waals surface area contributed by atoms with Crippen LogP contribution in [0.1, 0.15) is 60.6 Å². The highest BCUT2D eigenvalue weighted by molar-refractivity contribution is 5.70. The van der Waals surface area contributed by atoms with Crippen LogP contribution in [-0.2, 0) is 32.5 Å². The van der Waals surface area contributed by atoms with E-state index in [4.69, 9.17) is 19.9 Å². The van der Waals surface area contributed by atoms with E-state index in [2.05, 4.69) is 0 Å². The van der Waals surface area contributed by atoms with Gasteiger partial charge in [0.25, 0.3) is 0 Å². The van der Waals surface area contributed by atoms with Crippen LogP contribution in [0.3, 0.4) is 0 Å². The van der Waals surface area contributed by atoms with Crippen LogP contribution < -0.4 is 5.73 Å². The van der Waals surface area contributed by atoms with Crippen molar-refractivity contribution < 1.29 is 37.0 Å². The summed E-state index contributed by atoms with van der Waals surface area (Å²) in [4.78, 5) is 27.0. The lowest BCUT2D eigenvalue weighted by molar-refractivity contribution is -0.137. The largest absolute Gasteiger partial charge is 0.446 e. The summed E-state index contributed by atoms with van der Waals surface area (Å²) in [5.74, 6) is -0.239. The van der Waals surface area contributed by atoms with Gasteiger partial charge in [0.15, 0.2) is 0 Å². The Morgan fingerprint density at radius 2 is 1.67 bits per heavy atom. The van der Waals surface area contributed by atoms with E-state index in [1.165, 1.54) is 0 Å². The highest BCUT2D eigenvalue weighted by atomic mass is 19.4. The third-order valence-electron chi connectivity index (χ3n) is 8.03. The molecule has 1 saturated heterocycles. The van der Waals surface area contributed by atoms with Crippen molar-refractivity contribution in [2.75, 3.05) is 13.2 Å². The van der Waals surface area contributed by atoms with E-state index in [0.29, 0.717) is 24.0 Å². The molecule has 1 fully saturated rings. The molecule has 0 saturated carbocycles. The number of ether oxygens (including phenoxy) is 3. The van der Waals surface area contributed by atoms with E-state index in [1.54, 1.807) is 31.7 Å². The molecule has 7 nitrogen and oxygen atoms in total. The number of piperidine rings is 1. The molecule has 1 heterocycles. The van der Waals surface area contributed by atoms with Crippen LogP contribution in [0.2, 0.25) is 0 Å². The number of carbonyl (C=O) groups is 2. The topological polar surface area (TPSA) is 91.1 Å². The number of nitrogens with two attached hydrogens (primary N) is 1. The van der Waals surface area contributed by atoms with Crippen LogP contribution in [0, 0.1) is 12.8 Å². The van der Waals surface area contributed by atoms with E-state index in [0.717, 1.165) is 23.3 Å². The number of nitrogens with zero attached hydrogens (tertiary/aromatic N) is 1. The molecule has 230 valence electrons. The molecule has 0 bridgehead atoms. The Kier molecular flexibility index (Phi) is 10.0. The van der Waals surface area contributed by atoms with E-state index >= 15 is 0 Å². The second-order valence-corrected chi connectivity index (χ2v) is 11.1. The summed E-state index contributed by atoms with van der Waals surface area (Å²) in [6.45, 7) is 5.24. The minimum atomic E-state index is -4.49. The number of carbonyl (C=O) groups excluding carboxylic acids is 2. The minimum absolute atomic E-state index is 0.00825. The maximum atomic E-state index is 13.9. The van der Waals surface area contributed by atoms with Crippen molar-refractivity contribution in [3.05, 3.63) is 107 Å². The Hall–Kier alpha value is -4.05. The van der Waals surface area contributed by atoms with Crippen LogP contribution in [0.15, 0.2) is 78.9 Å². The van der Waals surface area contributed by atoms with Gasteiger partial charge < -0.3 is 19.9 Å². The average Bonchev–Trinajstić information content (AvgIpc) is 2.98. The number of rotatable bonds is 9. The predicted molar refractivity (Wildman–Crippen MR) is 155 cm³/mol. The third kappa shape index (κ3) is 7.87. The second-order valence-electron chi connectivity index (χ2n) is 11.1. The summed E-state index contributed by atoms with van der Waals surface area (Å²) < 4.78 is 58.0. The zero-order valence-electron chi connectivity index (χ0n) is 24.5. The Labute approximate surface area is 249 Å². The van der Waals surface area contributed by atoms with Crippen LogP contribution in [-0.4, -0.2) is 36.3 Å². The highest BCUT2D eigenvalue weighted by Gasteiger charge is 2.48. The Morgan fingerprint density at radius 3 is 2.30 bits per heavy atom. The molecule has 3 aromatic rings. The maximum Gasteiger partial charge on any atom is 0.416 e. The van der Waals surface area contributed by atoms with Crippen molar-refractivity contribution in [2.24, 2.45) is 11.7 Å². The molecule has 4 rings (SSSR count). The van der Waals surface area contributed by atoms with Crippen molar-refractivity contribution in [1.29, 1.82) is 0 Å². The van der Waals surface area contributed by atoms with E-state index in [-0.39, 0.29) is 25.7 Å². The van der Waals surface area contributed by atoms with Gasteiger partial charge >= 0.3 is 18.4 Å². The van der Waals surface area contributed by atoms with Crippen LogP contribution in [0.4, 0.5) is 22.8 Å². The monoisotopic (exact) mass is 598 g/mol. The molecule has 0 radical (unpaired) electrons. The fraction of sp³-hybridized carbons (Fsp3) is 0.394. The first kappa shape index (κ1) is 31.9. The molecule has 0 aromatic heterocycles. The normalized spacial score (nSPS) is 20.2. The van der Waals surface area contributed by atoms with Gasteiger partial charge in [-0.3, -0.25) is 4.90 Å². The van der Waals surface area contributed by atoms with Crippen molar-refractivity contribution in [3.63, 3.8) is 0 Å². The summed E-state index contributed by atoms with van der Waals surface area (Å²) in [5.41, 5.74) is 5.97. The van der Waals surface area contributed by atoms with Gasteiger partial charge in [0, 0.05) is 12.5 Å². The number of alkyl halides is 3. The maximum absolute atomic E-state index is 13.9. The van der Waals surface area contributed by atoms with Crippen molar-refractivity contribution >= 4 is 12.2 Å². The van der Waals surface area contributed by atoms with Crippen LogP contribution in [0.25, 0.3) is 0 Å². The summed E-state index contributed by atoms with van der Waals surface area (Å²) >= 11 is 0. The SMILES string of the molecule is Cc1cc([C@@H](C)OC[C@@]2(c3ccccc3)CCC(C(C)OC(N)=O)CN2C(=O)OCc2ccccc2)cc(C(F)(F)F)c1. The Bertz CT molecular complexity index is 1390. The molecule has 1 aliphatic rings. The molecule has 43 heavy (non-hydrogen) atoms. The average molecular weight is 599 g/mol.